The molecule has 0 N–H and O–H groups in total. The van der Waals surface area contributed by atoms with Crippen molar-refractivity contribution in [2.45, 2.75) is 40.2 Å². The highest BCUT2D eigenvalue weighted by molar-refractivity contribution is 6.32. The molecular formula is C35H31ClN4O7. The molecule has 2 heterocycles. The van der Waals surface area contributed by atoms with Crippen molar-refractivity contribution in [2.24, 2.45) is 5.10 Å². The van der Waals surface area contributed by atoms with Gasteiger partial charge < -0.3 is 18.9 Å². The minimum absolute atomic E-state index is 0.00590. The number of aryl methyl sites for hydroxylation is 1. The Kier molecular flexibility index (Phi) is 8.82. The molecule has 0 saturated heterocycles. The van der Waals surface area contributed by atoms with Crippen molar-refractivity contribution in [1.82, 2.24) is 9.66 Å². The van der Waals surface area contributed by atoms with Gasteiger partial charge in [0.05, 0.1) is 33.7 Å². The van der Waals surface area contributed by atoms with Gasteiger partial charge in [-0.2, -0.15) is 9.78 Å². The normalized spacial score (nSPS) is 12.3. The average Bonchev–Trinajstić information content (AvgIpc) is 3.52. The molecule has 0 unspecified atom stereocenters. The summed E-state index contributed by atoms with van der Waals surface area (Å²) in [4.78, 5) is 30.2. The van der Waals surface area contributed by atoms with Crippen LogP contribution in [0.1, 0.15) is 48.9 Å². The average molecular weight is 655 g/mol. The van der Waals surface area contributed by atoms with Gasteiger partial charge in [-0.1, -0.05) is 43.6 Å². The van der Waals surface area contributed by atoms with E-state index in [4.69, 9.17) is 35.5 Å². The Morgan fingerprint density at radius 3 is 2.64 bits per heavy atom. The zero-order valence-corrected chi connectivity index (χ0v) is 26.9. The summed E-state index contributed by atoms with van der Waals surface area (Å²) in [6.07, 6.45) is 1.34. The fourth-order valence-corrected chi connectivity index (χ4v) is 5.62. The van der Waals surface area contributed by atoms with Gasteiger partial charge in [-0.15, -0.1) is 0 Å². The molecule has 0 atom stereocenters. The Balaban J connectivity index is 1.40. The Hall–Kier alpha value is -5.42. The first-order chi connectivity index (χ1) is 22.6. The van der Waals surface area contributed by atoms with Gasteiger partial charge in [-0.25, -0.2) is 4.98 Å². The third-order valence-corrected chi connectivity index (χ3v) is 7.94. The number of hydrogen-bond acceptors (Lipinski definition) is 9. The molecule has 47 heavy (non-hydrogen) atoms. The lowest BCUT2D eigenvalue weighted by Gasteiger charge is -2.18. The maximum atomic E-state index is 13.8. The molecule has 1 aliphatic rings. The Bertz CT molecular complexity index is 2110. The van der Waals surface area contributed by atoms with Crippen LogP contribution in [0.4, 0.5) is 5.69 Å². The standard InChI is InChI=1S/C35H31ClN4O7/c1-5-44-31-12-21(4)26(16-25(31)20(2)3)34-38-28-9-7-6-8-24(28)35(41)39(34)37-17-23-13-27(36)33(29(14-23)40(42)43)45-18-22-10-11-30-32(15-22)47-19-46-30/h6-17,20H,5,18-19H2,1-4H3. The van der Waals surface area contributed by atoms with Gasteiger partial charge in [-0.05, 0) is 78.9 Å². The Morgan fingerprint density at radius 2 is 1.87 bits per heavy atom. The summed E-state index contributed by atoms with van der Waals surface area (Å²) in [6.45, 7) is 8.62. The molecule has 1 aromatic heterocycles. The van der Waals surface area contributed by atoms with E-state index < -0.39 is 10.5 Å². The van der Waals surface area contributed by atoms with Crippen LogP contribution >= 0.6 is 11.6 Å². The van der Waals surface area contributed by atoms with Crippen molar-refractivity contribution >= 4 is 34.4 Å². The third-order valence-electron chi connectivity index (χ3n) is 7.66. The smallest absolute Gasteiger partial charge is 0.313 e. The second kappa shape index (κ2) is 13.1. The molecule has 12 heteroatoms. The van der Waals surface area contributed by atoms with Crippen molar-refractivity contribution in [2.75, 3.05) is 13.4 Å². The summed E-state index contributed by atoms with van der Waals surface area (Å²) in [5.74, 6) is 2.30. The summed E-state index contributed by atoms with van der Waals surface area (Å²) in [5.41, 5.74) is 3.27. The van der Waals surface area contributed by atoms with Gasteiger partial charge >= 0.3 is 5.69 Å². The number of nitro benzene ring substituents is 1. The lowest BCUT2D eigenvalue weighted by molar-refractivity contribution is -0.385. The van der Waals surface area contributed by atoms with Crippen molar-refractivity contribution in [3.63, 3.8) is 0 Å². The number of benzene rings is 4. The minimum Gasteiger partial charge on any atom is -0.494 e. The molecule has 5 aromatic rings. The predicted octanol–water partition coefficient (Wildman–Crippen LogP) is 7.65. The first-order valence-corrected chi connectivity index (χ1v) is 15.4. The Morgan fingerprint density at radius 1 is 1.09 bits per heavy atom. The van der Waals surface area contributed by atoms with Gasteiger partial charge in [0, 0.05) is 17.2 Å². The van der Waals surface area contributed by atoms with E-state index in [9.17, 15) is 14.9 Å². The number of para-hydroxylation sites is 1. The van der Waals surface area contributed by atoms with E-state index in [0.717, 1.165) is 16.9 Å². The van der Waals surface area contributed by atoms with E-state index in [1.54, 1.807) is 36.4 Å². The Labute approximate surface area is 275 Å². The highest BCUT2D eigenvalue weighted by Gasteiger charge is 2.22. The van der Waals surface area contributed by atoms with Crippen LogP contribution in [0.15, 0.2) is 76.6 Å². The summed E-state index contributed by atoms with van der Waals surface area (Å²) in [7, 11) is 0. The third kappa shape index (κ3) is 6.34. The molecule has 0 amide bonds. The first kappa shape index (κ1) is 31.6. The van der Waals surface area contributed by atoms with E-state index in [1.165, 1.54) is 23.0 Å². The molecule has 0 bridgehead atoms. The summed E-state index contributed by atoms with van der Waals surface area (Å²) in [5, 5.41) is 17.0. The van der Waals surface area contributed by atoms with Crippen molar-refractivity contribution in [3.8, 4) is 34.4 Å². The molecule has 0 fully saturated rings. The lowest BCUT2D eigenvalue weighted by Crippen LogP contribution is -2.21. The van der Waals surface area contributed by atoms with E-state index in [2.05, 4.69) is 18.9 Å². The number of halogens is 1. The number of nitrogens with zero attached hydrogens (tertiary/aromatic N) is 4. The molecule has 1 aliphatic heterocycles. The van der Waals surface area contributed by atoms with Crippen LogP contribution in [0.25, 0.3) is 22.3 Å². The quantitative estimate of drug-likeness (QED) is 0.0854. The van der Waals surface area contributed by atoms with Gasteiger partial charge in [-0.3, -0.25) is 14.9 Å². The molecule has 240 valence electrons. The minimum atomic E-state index is -0.579. The van der Waals surface area contributed by atoms with Crippen molar-refractivity contribution in [3.05, 3.63) is 114 Å². The molecule has 4 aromatic carbocycles. The van der Waals surface area contributed by atoms with Gasteiger partial charge in [0.2, 0.25) is 12.5 Å². The zero-order chi connectivity index (χ0) is 33.2. The van der Waals surface area contributed by atoms with Crippen LogP contribution in [0.5, 0.6) is 23.0 Å². The number of fused-ring (bicyclic) bond motifs is 2. The molecule has 0 spiro atoms. The lowest BCUT2D eigenvalue weighted by atomic mass is 9.96. The number of rotatable bonds is 10. The van der Waals surface area contributed by atoms with Gasteiger partial charge in [0.25, 0.3) is 5.56 Å². The van der Waals surface area contributed by atoms with E-state index in [0.29, 0.717) is 46.0 Å². The van der Waals surface area contributed by atoms with E-state index in [-0.39, 0.29) is 41.3 Å². The van der Waals surface area contributed by atoms with Crippen LogP contribution < -0.4 is 24.5 Å². The number of hydrogen-bond donors (Lipinski definition) is 0. The molecule has 6 rings (SSSR count). The largest absolute Gasteiger partial charge is 0.494 e. The SMILES string of the molecule is CCOc1cc(C)c(-c2nc3ccccc3c(=O)n2N=Cc2cc(Cl)c(OCc3ccc4c(c3)OCO4)c([N+](=O)[O-])c2)cc1C(C)C. The monoisotopic (exact) mass is 654 g/mol. The summed E-state index contributed by atoms with van der Waals surface area (Å²) >= 11 is 6.54. The molecule has 11 nitrogen and oxygen atoms in total. The van der Waals surface area contributed by atoms with E-state index in [1.807, 2.05) is 32.0 Å². The molecule has 0 saturated carbocycles. The van der Waals surface area contributed by atoms with Crippen LogP contribution in [-0.4, -0.2) is 34.2 Å². The van der Waals surface area contributed by atoms with Crippen LogP contribution in [0, 0.1) is 17.0 Å². The van der Waals surface area contributed by atoms with Crippen LogP contribution in [-0.2, 0) is 6.61 Å². The van der Waals surface area contributed by atoms with Crippen LogP contribution in [0.3, 0.4) is 0 Å². The maximum Gasteiger partial charge on any atom is 0.313 e. The molecular weight excluding hydrogens is 624 g/mol. The number of ether oxygens (including phenoxy) is 4. The second-order valence-electron chi connectivity index (χ2n) is 11.2. The first-order valence-electron chi connectivity index (χ1n) is 15.0. The van der Waals surface area contributed by atoms with Crippen molar-refractivity contribution < 1.29 is 23.9 Å². The number of aromatic nitrogens is 2. The topological polar surface area (TPSA) is 127 Å². The van der Waals surface area contributed by atoms with Gasteiger partial charge in [0.1, 0.15) is 12.4 Å². The maximum absolute atomic E-state index is 13.8. The summed E-state index contributed by atoms with van der Waals surface area (Å²) in [6, 6.07) is 19.0. The highest BCUT2D eigenvalue weighted by Crippen LogP contribution is 2.38. The molecule has 0 radical (unpaired) electrons. The highest BCUT2D eigenvalue weighted by atomic mass is 35.5. The van der Waals surface area contributed by atoms with Gasteiger partial charge in [0.15, 0.2) is 17.3 Å². The second-order valence-corrected chi connectivity index (χ2v) is 11.6. The predicted molar refractivity (Wildman–Crippen MR) is 179 cm³/mol. The molecule has 0 aliphatic carbocycles. The van der Waals surface area contributed by atoms with Crippen LogP contribution in [0.2, 0.25) is 5.02 Å². The van der Waals surface area contributed by atoms with E-state index >= 15 is 0 Å². The summed E-state index contributed by atoms with van der Waals surface area (Å²) < 4.78 is 23.7. The zero-order valence-electron chi connectivity index (χ0n) is 26.2. The fourth-order valence-electron chi connectivity index (χ4n) is 5.34. The van der Waals surface area contributed by atoms with Crippen molar-refractivity contribution in [1.29, 1.82) is 0 Å². The number of nitro groups is 1. The fraction of sp³-hybridized carbons (Fsp3) is 0.229.